The summed E-state index contributed by atoms with van der Waals surface area (Å²) in [5.74, 6) is -1.28. The van der Waals surface area contributed by atoms with Crippen LogP contribution in [-0.4, -0.2) is 38.6 Å². The fraction of sp³-hybridized carbons (Fsp3) is 0.0909. The molecule has 0 aliphatic rings. The summed E-state index contributed by atoms with van der Waals surface area (Å²) in [5, 5.41) is 17.1. The van der Waals surface area contributed by atoms with E-state index in [9.17, 15) is 19.6 Å². The molecule has 0 bridgehead atoms. The van der Waals surface area contributed by atoms with E-state index in [-0.39, 0.29) is 34.2 Å². The van der Waals surface area contributed by atoms with Gasteiger partial charge in [-0.05, 0) is 17.0 Å². The number of ether oxygens (including phenoxy) is 3. The number of hydrogen-bond donors (Lipinski definition) is 2. The number of carbonyl (C=O) groups excluding carboxylic acids is 3. The predicted molar refractivity (Wildman–Crippen MR) is 165 cm³/mol. The van der Waals surface area contributed by atoms with Crippen LogP contribution in [0.25, 0.3) is 22.5 Å². The number of esters is 1. The minimum absolute atomic E-state index is 0.0613. The molecule has 0 radical (unpaired) electrons. The van der Waals surface area contributed by atoms with Crippen molar-refractivity contribution in [3.05, 3.63) is 106 Å². The Kier molecular flexibility index (Phi) is 9.03. The number of carbonyl (C=O) groups is 3. The highest BCUT2D eigenvalue weighted by Crippen LogP contribution is 2.41. The van der Waals surface area contributed by atoms with E-state index in [1.165, 1.54) is 37.7 Å². The van der Waals surface area contributed by atoms with E-state index >= 15 is 0 Å². The van der Waals surface area contributed by atoms with Gasteiger partial charge >= 0.3 is 5.97 Å². The quantitative estimate of drug-likeness (QED) is 0.169. The Morgan fingerprint density at radius 2 is 1.52 bits per heavy atom. The van der Waals surface area contributed by atoms with Crippen LogP contribution in [-0.2, 0) is 9.53 Å². The molecular formula is C33H25N3O7S. The van der Waals surface area contributed by atoms with Gasteiger partial charge in [0.1, 0.15) is 17.4 Å². The summed E-state index contributed by atoms with van der Waals surface area (Å²) in [6.45, 7) is -0.710. The third-order valence-electron chi connectivity index (χ3n) is 6.44. The fourth-order valence-corrected chi connectivity index (χ4v) is 5.03. The molecule has 0 fully saturated rings. The number of amides is 2. The second kappa shape index (κ2) is 13.4. The molecule has 5 aromatic rings. The molecule has 2 heterocycles. The standard InChI is InChI=1S/C33H25N3O7S/c1-40-25-16-22(24(17-26(25)41-2)35-31(38)27-14-9-15-44-27)33(39)42-19-28(37)36-32-23(18-34)29(20-10-5-3-6-11-20)30(43-32)21-12-7-4-8-13-21/h3-17H,19H2,1-2H3,(H,35,38)(H,36,37). The average molecular weight is 608 g/mol. The third-order valence-corrected chi connectivity index (χ3v) is 7.31. The number of furan rings is 1. The summed E-state index contributed by atoms with van der Waals surface area (Å²) in [7, 11) is 2.81. The predicted octanol–water partition coefficient (Wildman–Crippen LogP) is 6.61. The molecule has 44 heavy (non-hydrogen) atoms. The van der Waals surface area contributed by atoms with Crippen molar-refractivity contribution in [2.75, 3.05) is 31.5 Å². The summed E-state index contributed by atoms with van der Waals surface area (Å²) in [5.41, 5.74) is 2.11. The molecule has 2 aromatic heterocycles. The van der Waals surface area contributed by atoms with E-state index in [1.54, 1.807) is 17.5 Å². The van der Waals surface area contributed by atoms with E-state index in [1.807, 2.05) is 60.7 Å². The maximum atomic E-state index is 13.2. The Hall–Kier alpha value is -5.86. The van der Waals surface area contributed by atoms with Crippen LogP contribution >= 0.6 is 11.3 Å². The third kappa shape index (κ3) is 6.30. The molecule has 0 saturated heterocycles. The summed E-state index contributed by atoms with van der Waals surface area (Å²) in [6, 6.07) is 26.7. The monoisotopic (exact) mass is 607 g/mol. The zero-order chi connectivity index (χ0) is 31.1. The van der Waals surface area contributed by atoms with Crippen LogP contribution in [0.4, 0.5) is 11.6 Å². The van der Waals surface area contributed by atoms with Gasteiger partial charge in [0.2, 0.25) is 5.88 Å². The minimum atomic E-state index is -0.905. The van der Waals surface area contributed by atoms with Crippen LogP contribution in [0.1, 0.15) is 25.6 Å². The fourth-order valence-electron chi connectivity index (χ4n) is 4.41. The van der Waals surface area contributed by atoms with Crippen molar-refractivity contribution in [2.45, 2.75) is 0 Å². The smallest absolute Gasteiger partial charge is 0.340 e. The van der Waals surface area contributed by atoms with E-state index in [0.29, 0.717) is 21.8 Å². The maximum Gasteiger partial charge on any atom is 0.340 e. The van der Waals surface area contributed by atoms with Crippen LogP contribution in [0.2, 0.25) is 0 Å². The number of nitriles is 1. The summed E-state index contributed by atoms with van der Waals surface area (Å²) < 4.78 is 22.0. The van der Waals surface area contributed by atoms with E-state index < -0.39 is 24.4 Å². The van der Waals surface area contributed by atoms with Gasteiger partial charge in [-0.15, -0.1) is 11.3 Å². The van der Waals surface area contributed by atoms with Crippen molar-refractivity contribution in [2.24, 2.45) is 0 Å². The van der Waals surface area contributed by atoms with Gasteiger partial charge in [0, 0.05) is 23.3 Å². The number of nitrogens with zero attached hydrogens (tertiary/aromatic N) is 1. The number of nitrogens with one attached hydrogen (secondary N) is 2. The van der Waals surface area contributed by atoms with Gasteiger partial charge in [-0.3, -0.25) is 14.9 Å². The van der Waals surface area contributed by atoms with Crippen molar-refractivity contribution < 1.29 is 33.0 Å². The zero-order valence-electron chi connectivity index (χ0n) is 23.6. The van der Waals surface area contributed by atoms with Gasteiger partial charge in [-0.2, -0.15) is 5.26 Å². The molecule has 3 aromatic carbocycles. The lowest BCUT2D eigenvalue weighted by Gasteiger charge is -2.15. The normalized spacial score (nSPS) is 10.4. The highest BCUT2D eigenvalue weighted by Gasteiger charge is 2.25. The zero-order valence-corrected chi connectivity index (χ0v) is 24.4. The average Bonchev–Trinajstić information content (AvgIpc) is 3.73. The maximum absolute atomic E-state index is 13.2. The van der Waals surface area contributed by atoms with Gasteiger partial charge in [0.15, 0.2) is 18.1 Å². The Labute approximate surface area is 256 Å². The molecule has 0 atom stereocenters. The number of rotatable bonds is 10. The molecule has 2 amide bonds. The molecule has 5 rings (SSSR count). The molecule has 10 nitrogen and oxygen atoms in total. The Balaban J connectivity index is 1.38. The molecule has 0 aliphatic heterocycles. The van der Waals surface area contributed by atoms with Gasteiger partial charge in [-0.1, -0.05) is 66.7 Å². The molecule has 0 unspecified atom stereocenters. The van der Waals surface area contributed by atoms with Crippen molar-refractivity contribution in [1.82, 2.24) is 0 Å². The van der Waals surface area contributed by atoms with Crippen molar-refractivity contribution in [1.29, 1.82) is 5.26 Å². The minimum Gasteiger partial charge on any atom is -0.493 e. The Bertz CT molecular complexity index is 1840. The largest absolute Gasteiger partial charge is 0.493 e. The number of benzene rings is 3. The molecule has 2 N–H and O–H groups in total. The molecule has 0 spiro atoms. The van der Waals surface area contributed by atoms with Crippen molar-refractivity contribution >= 4 is 40.7 Å². The number of hydrogen-bond acceptors (Lipinski definition) is 9. The second-order valence-corrected chi connectivity index (χ2v) is 10.1. The lowest BCUT2D eigenvalue weighted by molar-refractivity contribution is -0.119. The molecule has 0 aliphatic carbocycles. The molecule has 220 valence electrons. The first-order valence-electron chi connectivity index (χ1n) is 13.2. The van der Waals surface area contributed by atoms with Crippen LogP contribution in [0.3, 0.4) is 0 Å². The number of anilines is 2. The van der Waals surface area contributed by atoms with Crippen LogP contribution in [0.5, 0.6) is 11.5 Å². The second-order valence-electron chi connectivity index (χ2n) is 9.16. The molecular weight excluding hydrogens is 582 g/mol. The number of thiophene rings is 1. The van der Waals surface area contributed by atoms with Gasteiger partial charge in [0.25, 0.3) is 11.8 Å². The summed E-state index contributed by atoms with van der Waals surface area (Å²) >= 11 is 1.23. The van der Waals surface area contributed by atoms with E-state index in [0.717, 1.165) is 5.56 Å². The van der Waals surface area contributed by atoms with Gasteiger partial charge in [-0.25, -0.2) is 4.79 Å². The Morgan fingerprint density at radius 3 is 2.14 bits per heavy atom. The summed E-state index contributed by atoms with van der Waals surface area (Å²) in [6.07, 6.45) is 0. The lowest BCUT2D eigenvalue weighted by atomic mass is 9.98. The van der Waals surface area contributed by atoms with E-state index in [4.69, 9.17) is 18.6 Å². The summed E-state index contributed by atoms with van der Waals surface area (Å²) in [4.78, 5) is 39.3. The Morgan fingerprint density at radius 1 is 0.864 bits per heavy atom. The first kappa shape index (κ1) is 29.6. The topological polar surface area (TPSA) is 140 Å². The lowest BCUT2D eigenvalue weighted by Crippen LogP contribution is -2.22. The van der Waals surface area contributed by atoms with Crippen LogP contribution in [0, 0.1) is 11.3 Å². The highest BCUT2D eigenvalue weighted by molar-refractivity contribution is 7.12. The number of methoxy groups -OCH3 is 2. The van der Waals surface area contributed by atoms with Gasteiger partial charge < -0.3 is 23.9 Å². The first-order valence-corrected chi connectivity index (χ1v) is 14.1. The van der Waals surface area contributed by atoms with Crippen molar-refractivity contribution in [3.63, 3.8) is 0 Å². The highest BCUT2D eigenvalue weighted by atomic mass is 32.1. The molecule has 11 heteroatoms. The van der Waals surface area contributed by atoms with Crippen molar-refractivity contribution in [3.8, 4) is 40.0 Å². The molecule has 0 saturated carbocycles. The van der Waals surface area contributed by atoms with Crippen LogP contribution < -0.4 is 20.1 Å². The van der Waals surface area contributed by atoms with E-state index in [2.05, 4.69) is 16.7 Å². The SMILES string of the molecule is COc1cc(NC(=O)c2cccs2)c(C(=O)OCC(=O)Nc2oc(-c3ccccc3)c(-c3ccccc3)c2C#N)cc1OC. The van der Waals surface area contributed by atoms with Gasteiger partial charge in [0.05, 0.1) is 30.3 Å². The first-order chi connectivity index (χ1) is 21.4. The van der Waals surface area contributed by atoms with Crippen LogP contribution in [0.15, 0.2) is 94.7 Å².